The van der Waals surface area contributed by atoms with Crippen LogP contribution in [-0.4, -0.2) is 45.0 Å². The van der Waals surface area contributed by atoms with Gasteiger partial charge in [-0.2, -0.15) is 5.10 Å². The van der Waals surface area contributed by atoms with E-state index in [1.165, 1.54) is 5.56 Å². The maximum absolute atomic E-state index is 12.9. The molecule has 1 atom stereocenters. The molecule has 2 amide bonds. The molecule has 2 aromatic heterocycles. The number of benzene rings is 1. The van der Waals surface area contributed by atoms with Gasteiger partial charge in [-0.1, -0.05) is 35.9 Å². The predicted octanol–water partition coefficient (Wildman–Crippen LogP) is 2.95. The summed E-state index contributed by atoms with van der Waals surface area (Å²) in [4.78, 5) is 31.6. The molecule has 1 aliphatic heterocycles. The molecule has 3 heterocycles. The fourth-order valence-corrected chi connectivity index (χ4v) is 3.66. The van der Waals surface area contributed by atoms with Crippen LogP contribution < -0.4 is 5.32 Å². The molecule has 1 aromatic carbocycles. The van der Waals surface area contributed by atoms with Crippen LogP contribution in [0.25, 0.3) is 11.4 Å². The summed E-state index contributed by atoms with van der Waals surface area (Å²) in [5.74, 6) is -0.348. The second kappa shape index (κ2) is 8.90. The molecule has 1 unspecified atom stereocenters. The van der Waals surface area contributed by atoms with Crippen molar-refractivity contribution in [3.63, 3.8) is 0 Å². The second-order valence-corrected chi connectivity index (χ2v) is 7.68. The van der Waals surface area contributed by atoms with Crippen molar-refractivity contribution >= 4 is 11.8 Å². The molecule has 0 saturated carbocycles. The topological polar surface area (TPSA) is 91.0 Å². The number of piperidine rings is 1. The maximum atomic E-state index is 12.9. The van der Waals surface area contributed by atoms with Crippen molar-refractivity contribution in [3.8, 4) is 11.4 Å². The number of nitrogens with zero attached hydrogens (tertiary/aromatic N) is 3. The highest BCUT2D eigenvalue weighted by atomic mass is 16.2. The van der Waals surface area contributed by atoms with Gasteiger partial charge < -0.3 is 10.2 Å². The Balaban J connectivity index is 1.36. The minimum absolute atomic E-state index is 0.00754. The van der Waals surface area contributed by atoms with Gasteiger partial charge in [-0.15, -0.1) is 0 Å². The number of H-pyrrole nitrogens is 1. The summed E-state index contributed by atoms with van der Waals surface area (Å²) < 4.78 is 0. The molecule has 0 bridgehead atoms. The van der Waals surface area contributed by atoms with Crippen LogP contribution >= 0.6 is 0 Å². The van der Waals surface area contributed by atoms with E-state index in [0.29, 0.717) is 36.7 Å². The first-order chi connectivity index (χ1) is 14.6. The van der Waals surface area contributed by atoms with Crippen LogP contribution in [0.15, 0.2) is 54.7 Å². The molecule has 1 saturated heterocycles. The highest BCUT2D eigenvalue weighted by molar-refractivity contribution is 5.93. The Morgan fingerprint density at radius 3 is 2.77 bits per heavy atom. The Kier molecular flexibility index (Phi) is 5.88. The SMILES string of the molecule is Cc1ccc(CNC(=O)C2CCCN(C(=O)c3cc(-c4ccccn4)n[nH]3)C2)cc1. The molecule has 4 rings (SSSR count). The third kappa shape index (κ3) is 4.56. The third-order valence-electron chi connectivity index (χ3n) is 5.40. The molecule has 154 valence electrons. The molecule has 2 N–H and O–H groups in total. The Hall–Kier alpha value is -3.48. The number of hydrogen-bond acceptors (Lipinski definition) is 4. The number of likely N-dealkylation sites (tertiary alicyclic amines) is 1. The molecule has 0 spiro atoms. The molecular weight excluding hydrogens is 378 g/mol. The normalized spacial score (nSPS) is 16.3. The number of rotatable bonds is 5. The van der Waals surface area contributed by atoms with Crippen LogP contribution in [-0.2, 0) is 11.3 Å². The van der Waals surface area contributed by atoms with E-state index >= 15 is 0 Å². The molecule has 0 aliphatic carbocycles. The lowest BCUT2D eigenvalue weighted by molar-refractivity contribution is -0.126. The summed E-state index contributed by atoms with van der Waals surface area (Å²) in [6.07, 6.45) is 3.28. The van der Waals surface area contributed by atoms with Crippen molar-refractivity contribution in [2.24, 2.45) is 5.92 Å². The molecular formula is C23H25N5O2. The minimum Gasteiger partial charge on any atom is -0.352 e. The number of carbonyl (C=O) groups excluding carboxylic acids is 2. The van der Waals surface area contributed by atoms with E-state index in [1.807, 2.05) is 49.4 Å². The summed E-state index contributed by atoms with van der Waals surface area (Å²) in [5.41, 5.74) is 4.01. The van der Waals surface area contributed by atoms with Gasteiger partial charge in [-0.3, -0.25) is 19.7 Å². The van der Waals surface area contributed by atoms with Crippen molar-refractivity contribution < 1.29 is 9.59 Å². The summed E-state index contributed by atoms with van der Waals surface area (Å²) in [5, 5.41) is 10.0. The molecule has 1 fully saturated rings. The van der Waals surface area contributed by atoms with Gasteiger partial charge in [0, 0.05) is 25.8 Å². The number of aryl methyl sites for hydroxylation is 1. The lowest BCUT2D eigenvalue weighted by atomic mass is 9.96. The van der Waals surface area contributed by atoms with Crippen LogP contribution in [0, 0.1) is 12.8 Å². The van der Waals surface area contributed by atoms with Gasteiger partial charge in [-0.25, -0.2) is 0 Å². The molecule has 0 radical (unpaired) electrons. The smallest absolute Gasteiger partial charge is 0.271 e. The predicted molar refractivity (Wildman–Crippen MR) is 113 cm³/mol. The van der Waals surface area contributed by atoms with Crippen LogP contribution in [0.2, 0.25) is 0 Å². The van der Waals surface area contributed by atoms with Crippen LogP contribution in [0.1, 0.15) is 34.5 Å². The van der Waals surface area contributed by atoms with E-state index in [9.17, 15) is 9.59 Å². The van der Waals surface area contributed by atoms with Gasteiger partial charge in [-0.05, 0) is 43.5 Å². The fourth-order valence-electron chi connectivity index (χ4n) is 3.66. The van der Waals surface area contributed by atoms with Crippen LogP contribution in [0.5, 0.6) is 0 Å². The number of nitrogens with one attached hydrogen (secondary N) is 2. The van der Waals surface area contributed by atoms with Crippen LogP contribution in [0.3, 0.4) is 0 Å². The van der Waals surface area contributed by atoms with Crippen molar-refractivity contribution in [2.75, 3.05) is 13.1 Å². The van der Waals surface area contributed by atoms with E-state index < -0.39 is 0 Å². The quantitative estimate of drug-likeness (QED) is 0.685. The first kappa shape index (κ1) is 19.8. The number of aromatic nitrogens is 3. The zero-order valence-corrected chi connectivity index (χ0v) is 17.0. The van der Waals surface area contributed by atoms with Gasteiger partial charge in [0.1, 0.15) is 11.4 Å². The molecule has 1 aliphatic rings. The van der Waals surface area contributed by atoms with E-state index in [2.05, 4.69) is 20.5 Å². The standard InChI is InChI=1S/C23H25N5O2/c1-16-7-9-17(10-8-16)14-25-22(29)18-5-4-12-28(15-18)23(30)21-13-20(26-27-21)19-6-2-3-11-24-19/h2-3,6-11,13,18H,4-5,12,14-15H2,1H3,(H,25,29)(H,26,27). The van der Waals surface area contributed by atoms with Gasteiger partial charge in [0.25, 0.3) is 5.91 Å². The first-order valence-corrected chi connectivity index (χ1v) is 10.2. The third-order valence-corrected chi connectivity index (χ3v) is 5.40. The Bertz CT molecular complexity index is 1010. The van der Waals surface area contributed by atoms with Crippen molar-refractivity contribution in [3.05, 3.63) is 71.5 Å². The van der Waals surface area contributed by atoms with Crippen molar-refractivity contribution in [1.82, 2.24) is 25.4 Å². The van der Waals surface area contributed by atoms with E-state index in [0.717, 1.165) is 18.4 Å². The Morgan fingerprint density at radius 2 is 2.00 bits per heavy atom. The van der Waals surface area contributed by atoms with Gasteiger partial charge in [0.05, 0.1) is 11.6 Å². The first-order valence-electron chi connectivity index (χ1n) is 10.2. The number of aromatic amines is 1. The summed E-state index contributed by atoms with van der Waals surface area (Å²) in [6.45, 7) is 3.58. The zero-order valence-electron chi connectivity index (χ0n) is 17.0. The average molecular weight is 403 g/mol. The largest absolute Gasteiger partial charge is 0.352 e. The number of hydrogen-bond donors (Lipinski definition) is 2. The van der Waals surface area contributed by atoms with Gasteiger partial charge >= 0.3 is 0 Å². The summed E-state index contributed by atoms with van der Waals surface area (Å²) >= 11 is 0. The summed E-state index contributed by atoms with van der Waals surface area (Å²) in [7, 11) is 0. The second-order valence-electron chi connectivity index (χ2n) is 7.68. The zero-order chi connectivity index (χ0) is 20.9. The van der Waals surface area contributed by atoms with E-state index in [4.69, 9.17) is 0 Å². The number of amides is 2. The van der Waals surface area contributed by atoms with Crippen molar-refractivity contribution in [1.29, 1.82) is 0 Å². The summed E-state index contributed by atoms with van der Waals surface area (Å²) in [6, 6.07) is 15.4. The number of carbonyl (C=O) groups is 2. The van der Waals surface area contributed by atoms with Gasteiger partial charge in [0.15, 0.2) is 0 Å². The maximum Gasteiger partial charge on any atom is 0.271 e. The lowest BCUT2D eigenvalue weighted by Gasteiger charge is -2.31. The molecule has 7 nitrogen and oxygen atoms in total. The van der Waals surface area contributed by atoms with Crippen molar-refractivity contribution in [2.45, 2.75) is 26.3 Å². The average Bonchev–Trinajstić information content (AvgIpc) is 3.29. The highest BCUT2D eigenvalue weighted by Gasteiger charge is 2.29. The monoisotopic (exact) mass is 403 g/mol. The van der Waals surface area contributed by atoms with Gasteiger partial charge in [0.2, 0.25) is 5.91 Å². The minimum atomic E-state index is -0.202. The lowest BCUT2D eigenvalue weighted by Crippen LogP contribution is -2.45. The molecule has 7 heteroatoms. The fraction of sp³-hybridized carbons (Fsp3) is 0.304. The number of pyridine rings is 1. The Labute approximate surface area is 175 Å². The van der Waals surface area contributed by atoms with E-state index in [1.54, 1.807) is 17.2 Å². The Morgan fingerprint density at radius 1 is 1.17 bits per heavy atom. The van der Waals surface area contributed by atoms with Crippen LogP contribution in [0.4, 0.5) is 0 Å². The molecule has 30 heavy (non-hydrogen) atoms. The molecule has 3 aromatic rings. The van der Waals surface area contributed by atoms with E-state index in [-0.39, 0.29) is 17.7 Å². The highest BCUT2D eigenvalue weighted by Crippen LogP contribution is 2.20.